The maximum absolute atomic E-state index is 5.62. The first kappa shape index (κ1) is 15.5. The third kappa shape index (κ3) is 4.60. The monoisotopic (exact) mass is 276 g/mol. The summed E-state index contributed by atoms with van der Waals surface area (Å²) in [6.07, 6.45) is 4.18. The van der Waals surface area contributed by atoms with E-state index < -0.39 is 0 Å². The van der Waals surface area contributed by atoms with E-state index in [1.165, 1.54) is 55.5 Å². The Morgan fingerprint density at radius 1 is 1.10 bits per heavy atom. The minimum atomic E-state index is 0.650. The Balaban J connectivity index is 2.01. The van der Waals surface area contributed by atoms with Gasteiger partial charge in [0.05, 0.1) is 26.2 Å². The molecule has 20 heavy (non-hydrogen) atoms. The van der Waals surface area contributed by atoms with Crippen molar-refractivity contribution in [1.82, 2.24) is 0 Å². The van der Waals surface area contributed by atoms with Crippen molar-refractivity contribution in [2.24, 2.45) is 5.92 Å². The maximum Gasteiger partial charge on any atom is 0.104 e. The van der Waals surface area contributed by atoms with E-state index in [-0.39, 0.29) is 0 Å². The molecule has 1 aliphatic rings. The number of hydrogen-bond donors (Lipinski definition) is 0. The van der Waals surface area contributed by atoms with Gasteiger partial charge in [-0.1, -0.05) is 37.3 Å². The molecule has 0 aromatic heterocycles. The molecule has 2 rings (SSSR count). The summed E-state index contributed by atoms with van der Waals surface area (Å²) in [5.74, 6) is 0.650. The molecule has 112 valence electrons. The molecule has 1 aromatic rings. The van der Waals surface area contributed by atoms with Crippen LogP contribution in [-0.4, -0.2) is 37.3 Å². The van der Waals surface area contributed by atoms with Gasteiger partial charge in [-0.2, -0.15) is 0 Å². The molecule has 1 aromatic carbocycles. The smallest absolute Gasteiger partial charge is 0.104 e. The van der Waals surface area contributed by atoms with Crippen molar-refractivity contribution in [3.8, 4) is 0 Å². The molecule has 0 saturated carbocycles. The van der Waals surface area contributed by atoms with Crippen LogP contribution in [0.1, 0.15) is 38.7 Å². The number of likely N-dealkylation sites (tertiary alicyclic amines) is 1. The average Bonchev–Trinajstić information content (AvgIpc) is 2.47. The minimum absolute atomic E-state index is 0.650. The normalized spacial score (nSPS) is 19.7. The summed E-state index contributed by atoms with van der Waals surface area (Å²) in [6, 6.07) is 11.0. The van der Waals surface area contributed by atoms with Crippen LogP contribution in [-0.2, 0) is 11.3 Å². The van der Waals surface area contributed by atoms with Gasteiger partial charge in [0, 0.05) is 18.1 Å². The lowest BCUT2D eigenvalue weighted by Crippen LogP contribution is -2.53. The van der Waals surface area contributed by atoms with Gasteiger partial charge in [0.1, 0.15) is 6.54 Å². The second-order valence-corrected chi connectivity index (χ2v) is 6.44. The summed E-state index contributed by atoms with van der Waals surface area (Å²) < 4.78 is 6.88. The van der Waals surface area contributed by atoms with Crippen molar-refractivity contribution in [1.29, 1.82) is 0 Å². The van der Waals surface area contributed by atoms with Gasteiger partial charge in [-0.3, -0.25) is 0 Å². The molecular formula is C18H30NO+. The predicted molar refractivity (Wildman–Crippen MR) is 84.5 cm³/mol. The number of nitrogens with zero attached hydrogens (tertiary/aromatic N) is 1. The number of quaternary nitrogens is 1. The van der Waals surface area contributed by atoms with Gasteiger partial charge >= 0.3 is 0 Å². The highest BCUT2D eigenvalue weighted by Gasteiger charge is 2.31. The molecule has 1 atom stereocenters. The zero-order valence-corrected chi connectivity index (χ0v) is 13.2. The first-order valence-electron chi connectivity index (χ1n) is 8.21. The molecule has 1 fully saturated rings. The van der Waals surface area contributed by atoms with Gasteiger partial charge in [-0.15, -0.1) is 0 Å². The molecular weight excluding hydrogens is 246 g/mol. The highest BCUT2D eigenvalue weighted by atomic mass is 16.5. The Labute approximate surface area is 124 Å². The van der Waals surface area contributed by atoms with E-state index in [9.17, 15) is 0 Å². The van der Waals surface area contributed by atoms with Crippen LogP contribution < -0.4 is 0 Å². The molecule has 0 N–H and O–H groups in total. The van der Waals surface area contributed by atoms with Crippen molar-refractivity contribution >= 4 is 0 Å². The largest absolute Gasteiger partial charge is 0.381 e. The first-order valence-corrected chi connectivity index (χ1v) is 8.21. The minimum Gasteiger partial charge on any atom is -0.381 e. The number of rotatable bonds is 7. The lowest BCUT2D eigenvalue weighted by Gasteiger charge is -2.43. The molecule has 1 saturated heterocycles. The zero-order valence-electron chi connectivity index (χ0n) is 13.2. The first-order chi connectivity index (χ1) is 9.74. The number of ether oxygens (including phenoxy) is 1. The number of hydrogen-bond acceptors (Lipinski definition) is 1. The van der Waals surface area contributed by atoms with Crippen molar-refractivity contribution in [3.63, 3.8) is 0 Å². The van der Waals surface area contributed by atoms with E-state index in [0.29, 0.717) is 5.92 Å². The maximum atomic E-state index is 5.62. The topological polar surface area (TPSA) is 9.23 Å². The Hall–Kier alpha value is -0.860. The van der Waals surface area contributed by atoms with Gasteiger partial charge in [0.2, 0.25) is 0 Å². The van der Waals surface area contributed by atoms with Crippen LogP contribution >= 0.6 is 0 Å². The van der Waals surface area contributed by atoms with Crippen molar-refractivity contribution in [3.05, 3.63) is 35.9 Å². The van der Waals surface area contributed by atoms with Crippen LogP contribution in [0.15, 0.2) is 30.3 Å². The third-order valence-corrected chi connectivity index (χ3v) is 4.43. The lowest BCUT2D eigenvalue weighted by atomic mass is 10.0. The Bertz CT molecular complexity index is 370. The quantitative estimate of drug-likeness (QED) is 0.687. The average molecular weight is 276 g/mol. The highest BCUT2D eigenvalue weighted by molar-refractivity contribution is 5.13. The summed E-state index contributed by atoms with van der Waals surface area (Å²) in [6.45, 7) is 11.3. The molecule has 2 nitrogen and oxygen atoms in total. The van der Waals surface area contributed by atoms with E-state index in [2.05, 4.69) is 44.2 Å². The van der Waals surface area contributed by atoms with Crippen LogP contribution in [0.25, 0.3) is 0 Å². The molecule has 2 heteroatoms. The second kappa shape index (κ2) is 7.80. The molecule has 1 aliphatic heterocycles. The Morgan fingerprint density at radius 3 is 2.45 bits per heavy atom. The van der Waals surface area contributed by atoms with Crippen molar-refractivity contribution in [2.75, 3.05) is 32.8 Å². The predicted octanol–water partition coefficient (Wildman–Crippen LogP) is 3.86. The number of piperidine rings is 1. The fourth-order valence-electron chi connectivity index (χ4n) is 3.59. The Kier molecular flexibility index (Phi) is 6.06. The molecule has 0 amide bonds. The van der Waals surface area contributed by atoms with E-state index >= 15 is 0 Å². The van der Waals surface area contributed by atoms with Crippen molar-refractivity contribution in [2.45, 2.75) is 39.7 Å². The van der Waals surface area contributed by atoms with Crippen LogP contribution in [0.5, 0.6) is 0 Å². The SMILES string of the molecule is CCOCC(C)C[N+]1(Cc2ccccc2)CCCCC1. The molecule has 1 unspecified atom stereocenters. The van der Waals surface area contributed by atoms with E-state index in [4.69, 9.17) is 4.74 Å². The molecule has 0 spiro atoms. The zero-order chi connectivity index (χ0) is 14.3. The van der Waals surface area contributed by atoms with Gasteiger partial charge in [0.15, 0.2) is 0 Å². The standard InChI is InChI=1S/C18H30NO/c1-3-20-16-17(2)14-19(12-8-5-9-13-19)15-18-10-6-4-7-11-18/h4,6-7,10-11,17H,3,5,8-9,12-16H2,1-2H3/q+1. The fraction of sp³-hybridized carbons (Fsp3) is 0.667. The highest BCUT2D eigenvalue weighted by Crippen LogP contribution is 2.24. The summed E-state index contributed by atoms with van der Waals surface area (Å²) in [5, 5.41) is 0. The summed E-state index contributed by atoms with van der Waals surface area (Å²) in [7, 11) is 0. The fourth-order valence-corrected chi connectivity index (χ4v) is 3.59. The van der Waals surface area contributed by atoms with Crippen LogP contribution in [0.3, 0.4) is 0 Å². The van der Waals surface area contributed by atoms with Gasteiger partial charge in [-0.25, -0.2) is 0 Å². The molecule has 1 heterocycles. The second-order valence-electron chi connectivity index (χ2n) is 6.44. The van der Waals surface area contributed by atoms with E-state index in [1.54, 1.807) is 0 Å². The van der Waals surface area contributed by atoms with Gasteiger partial charge < -0.3 is 9.22 Å². The van der Waals surface area contributed by atoms with E-state index in [0.717, 1.165) is 13.2 Å². The Morgan fingerprint density at radius 2 is 1.80 bits per heavy atom. The van der Waals surface area contributed by atoms with E-state index in [1.807, 2.05) is 0 Å². The molecule has 0 radical (unpaired) electrons. The molecule has 0 bridgehead atoms. The summed E-state index contributed by atoms with van der Waals surface area (Å²) in [4.78, 5) is 0. The van der Waals surface area contributed by atoms with Crippen LogP contribution in [0.4, 0.5) is 0 Å². The number of benzene rings is 1. The van der Waals surface area contributed by atoms with Crippen LogP contribution in [0, 0.1) is 5.92 Å². The van der Waals surface area contributed by atoms with Crippen LogP contribution in [0.2, 0.25) is 0 Å². The van der Waals surface area contributed by atoms with Crippen molar-refractivity contribution < 1.29 is 9.22 Å². The van der Waals surface area contributed by atoms with Gasteiger partial charge in [0.25, 0.3) is 0 Å². The lowest BCUT2D eigenvalue weighted by molar-refractivity contribution is -0.948. The summed E-state index contributed by atoms with van der Waals surface area (Å²) >= 11 is 0. The molecule has 0 aliphatic carbocycles. The van der Waals surface area contributed by atoms with Gasteiger partial charge in [-0.05, 0) is 26.2 Å². The summed E-state index contributed by atoms with van der Waals surface area (Å²) in [5.41, 5.74) is 1.48. The third-order valence-electron chi connectivity index (χ3n) is 4.43.